The quantitative estimate of drug-likeness (QED) is 0.747. The molecule has 26 heavy (non-hydrogen) atoms. The number of carbonyl (C=O) groups is 2. The highest BCUT2D eigenvalue weighted by atomic mass is 16.6. The average Bonchev–Trinajstić information content (AvgIpc) is 2.66. The van der Waals surface area contributed by atoms with Crippen molar-refractivity contribution in [3.8, 4) is 11.5 Å². The minimum absolute atomic E-state index is 0.0675. The van der Waals surface area contributed by atoms with E-state index in [2.05, 4.69) is 9.97 Å². The molecule has 1 aromatic heterocycles. The molecule has 1 aromatic carbocycles. The van der Waals surface area contributed by atoms with Gasteiger partial charge in [0.05, 0.1) is 11.9 Å². The molecule has 0 atom stereocenters. The maximum absolute atomic E-state index is 12.2. The molecule has 0 aliphatic carbocycles. The Bertz CT molecular complexity index is 807. The summed E-state index contributed by atoms with van der Waals surface area (Å²) in [6, 6.07) is 5.52. The van der Waals surface area contributed by atoms with Gasteiger partial charge in [0.25, 0.3) is 5.91 Å². The van der Waals surface area contributed by atoms with E-state index in [1.165, 1.54) is 17.3 Å². The van der Waals surface area contributed by atoms with Crippen molar-refractivity contribution < 1.29 is 23.8 Å². The van der Waals surface area contributed by atoms with Crippen LogP contribution < -0.4 is 9.47 Å². The fraction of sp³-hybridized carbons (Fsp3) is 0.333. The third-order valence-electron chi connectivity index (χ3n) is 3.77. The van der Waals surface area contributed by atoms with Gasteiger partial charge in [-0.2, -0.15) is 0 Å². The van der Waals surface area contributed by atoms with Gasteiger partial charge in [0, 0.05) is 19.8 Å². The lowest BCUT2D eigenvalue weighted by molar-refractivity contribution is -0.133. The maximum atomic E-state index is 12.2. The van der Waals surface area contributed by atoms with Gasteiger partial charge < -0.3 is 19.1 Å². The second-order valence-corrected chi connectivity index (χ2v) is 5.85. The highest BCUT2D eigenvalue weighted by Gasteiger charge is 2.17. The molecular weight excluding hydrogens is 338 g/mol. The number of hydrogen-bond donors (Lipinski definition) is 0. The van der Waals surface area contributed by atoms with Crippen LogP contribution in [0, 0.1) is 6.92 Å². The van der Waals surface area contributed by atoms with Crippen LogP contribution in [0.25, 0.3) is 0 Å². The Morgan fingerprint density at radius 2 is 1.92 bits per heavy atom. The number of aromatic nitrogens is 2. The molecule has 0 fully saturated rings. The lowest BCUT2D eigenvalue weighted by Crippen LogP contribution is -2.31. The van der Waals surface area contributed by atoms with Crippen molar-refractivity contribution in [2.45, 2.75) is 13.5 Å². The molecule has 0 radical (unpaired) electrons. The van der Waals surface area contributed by atoms with E-state index in [0.717, 1.165) is 5.56 Å². The Morgan fingerprint density at radius 1 is 1.15 bits per heavy atom. The molecule has 1 amide bonds. The summed E-state index contributed by atoms with van der Waals surface area (Å²) >= 11 is 0. The summed E-state index contributed by atoms with van der Waals surface area (Å²) < 4.78 is 16.0. The summed E-state index contributed by atoms with van der Waals surface area (Å²) in [5.41, 5.74) is 1.65. The van der Waals surface area contributed by atoms with Gasteiger partial charge in [0.2, 0.25) is 0 Å². The van der Waals surface area contributed by atoms with Crippen molar-refractivity contribution >= 4 is 11.9 Å². The van der Waals surface area contributed by atoms with Crippen LogP contribution >= 0.6 is 0 Å². The molecule has 1 aliphatic rings. The first-order valence-corrected chi connectivity index (χ1v) is 8.11. The van der Waals surface area contributed by atoms with E-state index in [0.29, 0.717) is 37.0 Å². The molecule has 0 saturated heterocycles. The fourth-order valence-corrected chi connectivity index (χ4v) is 2.36. The second kappa shape index (κ2) is 7.81. The molecular formula is C18H19N3O5. The maximum Gasteiger partial charge on any atom is 0.359 e. The van der Waals surface area contributed by atoms with Crippen LogP contribution in [-0.2, 0) is 16.1 Å². The van der Waals surface area contributed by atoms with E-state index >= 15 is 0 Å². The van der Waals surface area contributed by atoms with Crippen molar-refractivity contribution in [3.63, 3.8) is 0 Å². The molecule has 8 heteroatoms. The van der Waals surface area contributed by atoms with Crippen LogP contribution in [0.5, 0.6) is 11.5 Å². The molecule has 2 aromatic rings. The van der Waals surface area contributed by atoms with E-state index in [9.17, 15) is 9.59 Å². The third kappa shape index (κ3) is 4.27. The van der Waals surface area contributed by atoms with Crippen molar-refractivity contribution in [3.05, 3.63) is 47.5 Å². The number of ether oxygens (including phenoxy) is 3. The van der Waals surface area contributed by atoms with Gasteiger partial charge in [-0.15, -0.1) is 0 Å². The van der Waals surface area contributed by atoms with Crippen molar-refractivity contribution in [2.24, 2.45) is 0 Å². The van der Waals surface area contributed by atoms with Gasteiger partial charge in [-0.25, -0.2) is 9.78 Å². The lowest BCUT2D eigenvalue weighted by atomic mass is 10.2. The number of fused-ring (bicyclic) bond motifs is 1. The lowest BCUT2D eigenvalue weighted by Gasteiger charge is -2.21. The van der Waals surface area contributed by atoms with E-state index in [1.54, 1.807) is 14.0 Å². The molecule has 0 saturated carbocycles. The van der Waals surface area contributed by atoms with Crippen LogP contribution in [0.4, 0.5) is 0 Å². The summed E-state index contributed by atoms with van der Waals surface area (Å²) in [6.45, 7) is 2.79. The van der Waals surface area contributed by atoms with Gasteiger partial charge in [-0.05, 0) is 24.6 Å². The normalized spacial score (nSPS) is 12.4. The number of carbonyl (C=O) groups excluding carboxylic acids is 2. The van der Waals surface area contributed by atoms with Gasteiger partial charge >= 0.3 is 5.97 Å². The molecule has 0 N–H and O–H groups in total. The van der Waals surface area contributed by atoms with E-state index in [1.807, 2.05) is 18.2 Å². The zero-order valence-corrected chi connectivity index (χ0v) is 14.6. The SMILES string of the molecule is Cc1cnc(C(=O)OCC(=O)N(C)Cc2ccc3c(c2)OCCO3)cn1. The van der Waals surface area contributed by atoms with Crippen molar-refractivity contribution in [2.75, 3.05) is 26.9 Å². The number of benzene rings is 1. The minimum atomic E-state index is -0.682. The number of aryl methyl sites for hydroxylation is 1. The molecule has 136 valence electrons. The van der Waals surface area contributed by atoms with E-state index < -0.39 is 5.97 Å². The summed E-state index contributed by atoms with van der Waals surface area (Å²) in [6.07, 6.45) is 2.79. The standard InChI is InChI=1S/C18H19N3O5/c1-12-8-20-14(9-19-12)18(23)26-11-17(22)21(2)10-13-3-4-15-16(7-13)25-6-5-24-15/h3-4,7-9H,5-6,10-11H2,1-2H3. The van der Waals surface area contributed by atoms with Gasteiger partial charge in [-0.1, -0.05) is 6.07 Å². The molecule has 2 heterocycles. The molecule has 1 aliphatic heterocycles. The fourth-order valence-electron chi connectivity index (χ4n) is 2.36. The van der Waals surface area contributed by atoms with Crippen LogP contribution in [0.2, 0.25) is 0 Å². The molecule has 0 spiro atoms. The largest absolute Gasteiger partial charge is 0.486 e. The average molecular weight is 357 g/mol. The Hall–Kier alpha value is -3.16. The van der Waals surface area contributed by atoms with Gasteiger partial charge in [0.15, 0.2) is 23.8 Å². The van der Waals surface area contributed by atoms with Crippen molar-refractivity contribution in [1.82, 2.24) is 14.9 Å². The van der Waals surface area contributed by atoms with Crippen LogP contribution in [-0.4, -0.2) is 53.6 Å². The minimum Gasteiger partial charge on any atom is -0.486 e. The Kier molecular flexibility index (Phi) is 5.31. The zero-order valence-electron chi connectivity index (χ0n) is 14.6. The first-order chi connectivity index (χ1) is 12.5. The summed E-state index contributed by atoms with van der Waals surface area (Å²) in [5, 5.41) is 0. The summed E-state index contributed by atoms with van der Waals surface area (Å²) in [7, 11) is 1.64. The Labute approximate surface area is 150 Å². The Balaban J connectivity index is 1.53. The van der Waals surface area contributed by atoms with Crippen LogP contribution in [0.3, 0.4) is 0 Å². The first kappa shape index (κ1) is 17.7. The highest BCUT2D eigenvalue weighted by Crippen LogP contribution is 2.31. The van der Waals surface area contributed by atoms with Crippen LogP contribution in [0.15, 0.2) is 30.6 Å². The van der Waals surface area contributed by atoms with Crippen LogP contribution in [0.1, 0.15) is 21.7 Å². The molecule has 8 nitrogen and oxygen atoms in total. The molecule has 0 unspecified atom stereocenters. The second-order valence-electron chi connectivity index (χ2n) is 5.85. The highest BCUT2D eigenvalue weighted by molar-refractivity contribution is 5.89. The number of hydrogen-bond acceptors (Lipinski definition) is 7. The summed E-state index contributed by atoms with van der Waals surface area (Å²) in [5.74, 6) is 0.355. The molecule has 3 rings (SSSR count). The van der Waals surface area contributed by atoms with E-state index in [4.69, 9.17) is 14.2 Å². The molecule has 0 bridgehead atoms. The predicted octanol–water partition coefficient (Wildman–Crippen LogP) is 1.37. The zero-order chi connectivity index (χ0) is 18.5. The number of likely N-dealkylation sites (N-methyl/N-ethyl adjacent to an activating group) is 1. The third-order valence-corrected chi connectivity index (χ3v) is 3.77. The predicted molar refractivity (Wildman–Crippen MR) is 91.0 cm³/mol. The summed E-state index contributed by atoms with van der Waals surface area (Å²) in [4.78, 5) is 33.4. The number of esters is 1. The van der Waals surface area contributed by atoms with E-state index in [-0.39, 0.29) is 18.2 Å². The van der Waals surface area contributed by atoms with Crippen molar-refractivity contribution in [1.29, 1.82) is 0 Å². The first-order valence-electron chi connectivity index (χ1n) is 8.11. The number of rotatable bonds is 5. The number of amides is 1. The monoisotopic (exact) mass is 357 g/mol. The Morgan fingerprint density at radius 3 is 2.65 bits per heavy atom. The topological polar surface area (TPSA) is 90.9 Å². The van der Waals surface area contributed by atoms with Gasteiger partial charge in [-0.3, -0.25) is 9.78 Å². The smallest absolute Gasteiger partial charge is 0.359 e. The number of nitrogens with zero attached hydrogens (tertiary/aromatic N) is 3. The van der Waals surface area contributed by atoms with Gasteiger partial charge in [0.1, 0.15) is 13.2 Å².